The number of hydrogen-bond acceptors (Lipinski definition) is 3. The topological polar surface area (TPSA) is 103 Å². The molecule has 12 heavy (non-hydrogen) atoms. The Balaban J connectivity index is 2.78. The van der Waals surface area contributed by atoms with Crippen LogP contribution in [0.3, 0.4) is 0 Å². The van der Waals surface area contributed by atoms with Gasteiger partial charge in [-0.05, 0) is 0 Å². The molecule has 1 aromatic rings. The first-order valence-corrected chi connectivity index (χ1v) is 3.12. The van der Waals surface area contributed by atoms with Crippen LogP contribution in [0.4, 0.5) is 0 Å². The van der Waals surface area contributed by atoms with Gasteiger partial charge in [-0.2, -0.15) is 0 Å². The molecule has 0 fully saturated rings. The average Bonchev–Trinajstić information content (AvgIpc) is 2.34. The molecule has 0 aliphatic carbocycles. The van der Waals surface area contributed by atoms with Gasteiger partial charge in [-0.25, -0.2) is 4.79 Å². The minimum absolute atomic E-state index is 0.0117. The quantitative estimate of drug-likeness (QED) is 0.414. The summed E-state index contributed by atoms with van der Waals surface area (Å²) in [5.41, 5.74) is -0.536. The van der Waals surface area contributed by atoms with E-state index in [9.17, 15) is 14.4 Å². The third kappa shape index (κ3) is 1.82. The van der Waals surface area contributed by atoms with Crippen LogP contribution in [0.1, 0.15) is 16.9 Å². The predicted octanol–water partition coefficient (Wildman–Crippen LogP) is -0.640. The van der Waals surface area contributed by atoms with Gasteiger partial charge in [0.15, 0.2) is 5.78 Å². The molecular formula is C6H6N2O4. The first-order valence-electron chi connectivity index (χ1n) is 3.12. The van der Waals surface area contributed by atoms with Crippen LogP contribution in [0.25, 0.3) is 0 Å². The Kier molecular flexibility index (Phi) is 2.09. The van der Waals surface area contributed by atoms with Gasteiger partial charge in [0.2, 0.25) is 0 Å². The lowest BCUT2D eigenvalue weighted by Gasteiger charge is -1.89. The van der Waals surface area contributed by atoms with Crippen LogP contribution < -0.4 is 5.69 Å². The van der Waals surface area contributed by atoms with Crippen molar-refractivity contribution in [2.24, 2.45) is 0 Å². The SMILES string of the molecule is O=C(O)CC(=O)c1c[nH]c(=O)[nH]1. The third-order valence-corrected chi connectivity index (χ3v) is 1.21. The molecular weight excluding hydrogens is 164 g/mol. The van der Waals surface area contributed by atoms with Crippen molar-refractivity contribution < 1.29 is 14.7 Å². The molecule has 0 radical (unpaired) electrons. The molecule has 0 bridgehead atoms. The minimum atomic E-state index is -1.22. The number of nitrogens with one attached hydrogen (secondary N) is 2. The fourth-order valence-corrected chi connectivity index (χ4v) is 0.715. The Labute approximate surface area is 66.2 Å². The number of hydrogen-bond donors (Lipinski definition) is 3. The van der Waals surface area contributed by atoms with Gasteiger partial charge in [-0.3, -0.25) is 9.59 Å². The Morgan fingerprint density at radius 3 is 2.58 bits per heavy atom. The molecule has 6 nitrogen and oxygen atoms in total. The Morgan fingerprint density at radius 1 is 1.50 bits per heavy atom. The van der Waals surface area contributed by atoms with Crippen LogP contribution in [-0.2, 0) is 4.79 Å². The summed E-state index contributed by atoms with van der Waals surface area (Å²) < 4.78 is 0. The summed E-state index contributed by atoms with van der Waals surface area (Å²) in [6.45, 7) is 0. The highest BCUT2D eigenvalue weighted by Gasteiger charge is 2.11. The summed E-state index contributed by atoms with van der Waals surface area (Å²) in [5, 5.41) is 8.23. The zero-order chi connectivity index (χ0) is 9.14. The van der Waals surface area contributed by atoms with Crippen molar-refractivity contribution in [3.63, 3.8) is 0 Å². The molecule has 1 aromatic heterocycles. The molecule has 0 saturated heterocycles. The minimum Gasteiger partial charge on any atom is -0.481 e. The summed E-state index contributed by atoms with van der Waals surface area (Å²) >= 11 is 0. The first-order chi connectivity index (χ1) is 5.59. The number of carbonyl (C=O) groups excluding carboxylic acids is 1. The van der Waals surface area contributed by atoms with E-state index in [0.717, 1.165) is 6.20 Å². The van der Waals surface area contributed by atoms with Gasteiger partial charge in [-0.15, -0.1) is 0 Å². The maximum atomic E-state index is 10.9. The molecule has 6 heteroatoms. The summed E-state index contributed by atoms with van der Waals surface area (Å²) in [7, 11) is 0. The lowest BCUT2D eigenvalue weighted by atomic mass is 10.2. The van der Waals surface area contributed by atoms with Gasteiger partial charge in [0, 0.05) is 6.20 Å². The molecule has 0 atom stereocenters. The highest BCUT2D eigenvalue weighted by Crippen LogP contribution is 1.94. The van der Waals surface area contributed by atoms with E-state index >= 15 is 0 Å². The highest BCUT2D eigenvalue weighted by molar-refractivity contribution is 6.04. The van der Waals surface area contributed by atoms with Gasteiger partial charge in [-0.1, -0.05) is 0 Å². The Morgan fingerprint density at radius 2 is 2.17 bits per heavy atom. The maximum Gasteiger partial charge on any atom is 0.323 e. The Hall–Kier alpha value is -1.85. The molecule has 0 aliphatic rings. The molecule has 0 spiro atoms. The fourth-order valence-electron chi connectivity index (χ4n) is 0.715. The van der Waals surface area contributed by atoms with Crippen molar-refractivity contribution in [2.75, 3.05) is 0 Å². The van der Waals surface area contributed by atoms with Gasteiger partial charge >= 0.3 is 11.7 Å². The number of carboxylic acid groups (broad SMARTS) is 1. The van der Waals surface area contributed by atoms with Gasteiger partial charge < -0.3 is 15.1 Å². The zero-order valence-corrected chi connectivity index (χ0v) is 5.96. The predicted molar refractivity (Wildman–Crippen MR) is 38.0 cm³/mol. The summed E-state index contributed by atoms with van der Waals surface area (Å²) in [6, 6.07) is 0. The van der Waals surface area contributed by atoms with E-state index in [-0.39, 0.29) is 5.69 Å². The number of ketones is 1. The second kappa shape index (κ2) is 3.04. The number of imidazole rings is 1. The summed E-state index contributed by atoms with van der Waals surface area (Å²) in [5.74, 6) is -1.84. The maximum absolute atomic E-state index is 10.9. The van der Waals surface area contributed by atoms with Crippen molar-refractivity contribution in [1.82, 2.24) is 9.97 Å². The van der Waals surface area contributed by atoms with Crippen molar-refractivity contribution in [1.29, 1.82) is 0 Å². The van der Waals surface area contributed by atoms with Gasteiger partial charge in [0.25, 0.3) is 0 Å². The number of rotatable bonds is 3. The lowest BCUT2D eigenvalue weighted by molar-refractivity contribution is -0.135. The van der Waals surface area contributed by atoms with Crippen molar-refractivity contribution >= 4 is 11.8 Å². The summed E-state index contributed by atoms with van der Waals surface area (Å²) in [4.78, 5) is 35.8. The molecule has 0 saturated carbocycles. The fraction of sp³-hybridized carbons (Fsp3) is 0.167. The third-order valence-electron chi connectivity index (χ3n) is 1.21. The normalized spacial score (nSPS) is 9.67. The van der Waals surface area contributed by atoms with E-state index in [4.69, 9.17) is 5.11 Å². The summed E-state index contributed by atoms with van der Waals surface area (Å²) in [6.07, 6.45) is 0.529. The van der Waals surface area contributed by atoms with Crippen LogP contribution in [0.2, 0.25) is 0 Å². The molecule has 1 rings (SSSR count). The Bertz CT molecular complexity index is 362. The van der Waals surface area contributed by atoms with Gasteiger partial charge in [0.1, 0.15) is 12.1 Å². The van der Waals surface area contributed by atoms with Crippen LogP contribution >= 0.6 is 0 Å². The molecule has 0 unspecified atom stereocenters. The number of H-pyrrole nitrogens is 2. The number of carboxylic acids is 1. The van der Waals surface area contributed by atoms with Gasteiger partial charge in [0.05, 0.1) is 0 Å². The average molecular weight is 170 g/mol. The van der Waals surface area contributed by atoms with E-state index in [1.54, 1.807) is 0 Å². The molecule has 64 valence electrons. The number of aromatic nitrogens is 2. The van der Waals surface area contributed by atoms with E-state index in [2.05, 4.69) is 9.97 Å². The van der Waals surface area contributed by atoms with Crippen LogP contribution in [0.15, 0.2) is 11.0 Å². The molecule has 0 aliphatic heterocycles. The monoisotopic (exact) mass is 170 g/mol. The largest absolute Gasteiger partial charge is 0.481 e. The van der Waals surface area contributed by atoms with Crippen molar-refractivity contribution in [3.8, 4) is 0 Å². The standard InChI is InChI=1S/C6H6N2O4/c9-4(1-5(10)11)3-2-7-6(12)8-3/h2H,1H2,(H,10,11)(H2,7,8,12). The van der Waals surface area contributed by atoms with Crippen LogP contribution in [0, 0.1) is 0 Å². The van der Waals surface area contributed by atoms with E-state index < -0.39 is 23.9 Å². The highest BCUT2D eigenvalue weighted by atomic mass is 16.4. The van der Waals surface area contributed by atoms with E-state index in [1.165, 1.54) is 0 Å². The molecule has 0 amide bonds. The number of Topliss-reactive ketones (excluding diaryl/α,β-unsaturated/α-hetero) is 1. The van der Waals surface area contributed by atoms with Crippen LogP contribution in [-0.4, -0.2) is 26.8 Å². The molecule has 3 N–H and O–H groups in total. The van der Waals surface area contributed by atoms with E-state index in [0.29, 0.717) is 0 Å². The zero-order valence-electron chi connectivity index (χ0n) is 5.96. The second-order valence-electron chi connectivity index (χ2n) is 2.15. The van der Waals surface area contributed by atoms with Crippen molar-refractivity contribution in [2.45, 2.75) is 6.42 Å². The second-order valence-corrected chi connectivity index (χ2v) is 2.15. The molecule has 1 heterocycles. The number of aliphatic carboxylic acids is 1. The smallest absolute Gasteiger partial charge is 0.323 e. The van der Waals surface area contributed by atoms with E-state index in [1.807, 2.05) is 0 Å². The lowest BCUT2D eigenvalue weighted by Crippen LogP contribution is -2.09. The van der Waals surface area contributed by atoms with Crippen LogP contribution in [0.5, 0.6) is 0 Å². The number of aromatic amines is 2. The first kappa shape index (κ1) is 8.25. The molecule has 0 aromatic carbocycles. The number of carbonyl (C=O) groups is 2. The van der Waals surface area contributed by atoms with Crippen molar-refractivity contribution in [3.05, 3.63) is 22.4 Å².